The zero-order valence-electron chi connectivity index (χ0n) is 12.7. The number of nitrogens with zero attached hydrogens (tertiary/aromatic N) is 1. The van der Waals surface area contributed by atoms with Gasteiger partial charge >= 0.3 is 0 Å². The fourth-order valence-corrected chi connectivity index (χ4v) is 2.52. The maximum atomic E-state index is 12.1. The maximum absolute atomic E-state index is 12.1. The van der Waals surface area contributed by atoms with Crippen molar-refractivity contribution in [2.45, 2.75) is 25.9 Å². The number of rotatable bonds is 6. The van der Waals surface area contributed by atoms with Gasteiger partial charge in [0.2, 0.25) is 5.91 Å². The molecule has 0 bridgehead atoms. The van der Waals surface area contributed by atoms with E-state index in [2.05, 4.69) is 0 Å². The second-order valence-corrected chi connectivity index (χ2v) is 5.51. The number of carbonyl (C=O) groups excluding carboxylic acids is 1. The van der Waals surface area contributed by atoms with E-state index >= 15 is 0 Å². The minimum absolute atomic E-state index is 0.0253. The molecule has 0 heterocycles. The minimum Gasteiger partial charge on any atom is -0.493 e. The average molecular weight is 289 g/mol. The number of carbonyl (C=O) groups is 1. The molecule has 0 aromatic heterocycles. The third kappa shape index (κ3) is 4.33. The van der Waals surface area contributed by atoms with Crippen molar-refractivity contribution in [2.75, 3.05) is 20.2 Å². The van der Waals surface area contributed by atoms with Gasteiger partial charge in [0.05, 0.1) is 12.7 Å². The van der Waals surface area contributed by atoms with E-state index in [0.717, 1.165) is 24.2 Å². The fraction of sp³-hybridized carbons (Fsp3) is 0.471. The van der Waals surface area contributed by atoms with Crippen LogP contribution in [0.2, 0.25) is 0 Å². The smallest absolute Gasteiger partial charge is 0.246 e. The van der Waals surface area contributed by atoms with Crippen molar-refractivity contribution in [2.24, 2.45) is 5.92 Å². The molecule has 21 heavy (non-hydrogen) atoms. The molecule has 1 aliphatic rings. The molecule has 1 amide bonds. The van der Waals surface area contributed by atoms with Gasteiger partial charge in [0.15, 0.2) is 0 Å². The molecule has 1 fully saturated rings. The van der Waals surface area contributed by atoms with Crippen LogP contribution in [-0.4, -0.2) is 42.2 Å². The topological polar surface area (TPSA) is 49.8 Å². The number of benzene rings is 1. The number of hydrogen-bond acceptors (Lipinski definition) is 3. The second kappa shape index (κ2) is 7.27. The molecule has 0 unspecified atom stereocenters. The van der Waals surface area contributed by atoms with Gasteiger partial charge in [0.25, 0.3) is 0 Å². The molecule has 0 saturated heterocycles. The molecule has 0 atom stereocenters. The fourth-order valence-electron chi connectivity index (χ4n) is 2.52. The minimum atomic E-state index is -0.174. The molecule has 4 heteroatoms. The lowest BCUT2D eigenvalue weighted by Gasteiger charge is -2.34. The maximum Gasteiger partial charge on any atom is 0.246 e. The predicted octanol–water partition coefficient (Wildman–Crippen LogP) is 2.33. The van der Waals surface area contributed by atoms with Crippen LogP contribution in [0.25, 0.3) is 6.08 Å². The van der Waals surface area contributed by atoms with E-state index in [-0.39, 0.29) is 12.0 Å². The normalized spacial score (nSPS) is 21.1. The molecule has 114 valence electrons. The van der Waals surface area contributed by atoms with Gasteiger partial charge in [-0.3, -0.25) is 4.79 Å². The third-order valence-electron chi connectivity index (χ3n) is 3.74. The lowest BCUT2D eigenvalue weighted by atomic mass is 9.82. The van der Waals surface area contributed by atoms with E-state index < -0.39 is 0 Å². The van der Waals surface area contributed by atoms with Gasteiger partial charge < -0.3 is 14.7 Å². The lowest BCUT2D eigenvalue weighted by molar-refractivity contribution is -0.126. The number of aliphatic hydroxyl groups is 1. The van der Waals surface area contributed by atoms with Crippen LogP contribution in [0.1, 0.15) is 25.3 Å². The van der Waals surface area contributed by atoms with Gasteiger partial charge in [-0.05, 0) is 37.8 Å². The number of likely N-dealkylation sites (N-methyl/N-ethyl adjacent to an activating group) is 1. The SMILES string of the molecule is CCOc1ccccc1C=CC(=O)N(C)CC1CC(O)C1. The highest BCUT2D eigenvalue weighted by molar-refractivity contribution is 5.92. The molecule has 1 saturated carbocycles. The largest absolute Gasteiger partial charge is 0.493 e. The Kier molecular flexibility index (Phi) is 5.39. The van der Waals surface area contributed by atoms with Crippen LogP contribution in [0.3, 0.4) is 0 Å². The van der Waals surface area contributed by atoms with E-state index in [4.69, 9.17) is 4.74 Å². The highest BCUT2D eigenvalue weighted by Gasteiger charge is 2.28. The lowest BCUT2D eigenvalue weighted by Crippen LogP contribution is -2.38. The summed E-state index contributed by atoms with van der Waals surface area (Å²) in [7, 11) is 1.80. The number of hydrogen-bond donors (Lipinski definition) is 1. The first-order chi connectivity index (χ1) is 10.1. The van der Waals surface area contributed by atoms with Crippen LogP contribution in [0.4, 0.5) is 0 Å². The van der Waals surface area contributed by atoms with Crippen LogP contribution in [-0.2, 0) is 4.79 Å². The predicted molar refractivity (Wildman–Crippen MR) is 83.0 cm³/mol. The van der Waals surface area contributed by atoms with Crippen molar-refractivity contribution >= 4 is 12.0 Å². The second-order valence-electron chi connectivity index (χ2n) is 5.51. The summed E-state index contributed by atoms with van der Waals surface area (Å²) < 4.78 is 5.53. The van der Waals surface area contributed by atoms with Gasteiger partial charge in [-0.2, -0.15) is 0 Å². The number of aliphatic hydroxyl groups excluding tert-OH is 1. The zero-order chi connectivity index (χ0) is 15.2. The van der Waals surface area contributed by atoms with Gasteiger partial charge in [0, 0.05) is 25.2 Å². The Bertz CT molecular complexity index is 507. The standard InChI is InChI=1S/C17H23NO3/c1-3-21-16-7-5-4-6-14(16)8-9-17(20)18(2)12-13-10-15(19)11-13/h4-9,13,15,19H,3,10-12H2,1-2H3. The van der Waals surface area contributed by atoms with Crippen LogP contribution >= 0.6 is 0 Å². The quantitative estimate of drug-likeness (QED) is 0.818. The van der Waals surface area contributed by atoms with E-state index in [1.807, 2.05) is 31.2 Å². The highest BCUT2D eigenvalue weighted by Crippen LogP contribution is 2.27. The van der Waals surface area contributed by atoms with E-state index in [1.54, 1.807) is 24.1 Å². The summed E-state index contributed by atoms with van der Waals surface area (Å²) in [6.45, 7) is 3.24. The van der Waals surface area contributed by atoms with Gasteiger partial charge in [-0.15, -0.1) is 0 Å². The molecule has 1 N–H and O–H groups in total. The molecule has 1 aliphatic carbocycles. The summed E-state index contributed by atoms with van der Waals surface area (Å²) in [5.41, 5.74) is 0.903. The van der Waals surface area contributed by atoms with Crippen molar-refractivity contribution in [3.63, 3.8) is 0 Å². The summed E-state index contributed by atoms with van der Waals surface area (Å²) in [4.78, 5) is 13.8. The average Bonchev–Trinajstić information content (AvgIpc) is 2.44. The number of ether oxygens (including phenoxy) is 1. The molecule has 2 rings (SSSR count). The van der Waals surface area contributed by atoms with Gasteiger partial charge in [0.1, 0.15) is 5.75 Å². The molecule has 0 radical (unpaired) electrons. The van der Waals surface area contributed by atoms with Crippen molar-refractivity contribution in [1.82, 2.24) is 4.90 Å². The van der Waals surface area contributed by atoms with Crippen LogP contribution in [0, 0.1) is 5.92 Å². The van der Waals surface area contributed by atoms with Crippen molar-refractivity contribution in [1.29, 1.82) is 0 Å². The monoisotopic (exact) mass is 289 g/mol. The van der Waals surface area contributed by atoms with Gasteiger partial charge in [-0.25, -0.2) is 0 Å². The Morgan fingerprint density at radius 1 is 1.43 bits per heavy atom. The van der Waals surface area contributed by atoms with Crippen molar-refractivity contribution in [3.05, 3.63) is 35.9 Å². The van der Waals surface area contributed by atoms with Crippen molar-refractivity contribution < 1.29 is 14.6 Å². The molecular weight excluding hydrogens is 266 g/mol. The van der Waals surface area contributed by atoms with Crippen LogP contribution < -0.4 is 4.74 Å². The number of para-hydroxylation sites is 1. The Morgan fingerprint density at radius 2 is 2.14 bits per heavy atom. The first-order valence-electron chi connectivity index (χ1n) is 7.43. The summed E-state index contributed by atoms with van der Waals surface area (Å²) in [6, 6.07) is 7.66. The third-order valence-corrected chi connectivity index (χ3v) is 3.74. The summed E-state index contributed by atoms with van der Waals surface area (Å²) in [6.07, 6.45) is 4.79. The zero-order valence-corrected chi connectivity index (χ0v) is 12.7. The highest BCUT2D eigenvalue weighted by atomic mass is 16.5. The summed E-state index contributed by atoms with van der Waals surface area (Å²) in [5, 5.41) is 9.27. The molecule has 4 nitrogen and oxygen atoms in total. The Morgan fingerprint density at radius 3 is 2.81 bits per heavy atom. The van der Waals surface area contributed by atoms with E-state index in [0.29, 0.717) is 19.1 Å². The molecule has 0 aliphatic heterocycles. The first-order valence-corrected chi connectivity index (χ1v) is 7.43. The first kappa shape index (κ1) is 15.6. The van der Waals surface area contributed by atoms with Crippen LogP contribution in [0.15, 0.2) is 30.3 Å². The summed E-state index contributed by atoms with van der Waals surface area (Å²) in [5.74, 6) is 1.19. The molecule has 1 aromatic carbocycles. The molecule has 1 aromatic rings. The van der Waals surface area contributed by atoms with E-state index in [9.17, 15) is 9.90 Å². The Balaban J connectivity index is 1.92. The van der Waals surface area contributed by atoms with Gasteiger partial charge in [-0.1, -0.05) is 18.2 Å². The van der Waals surface area contributed by atoms with Crippen molar-refractivity contribution in [3.8, 4) is 5.75 Å². The number of amides is 1. The molecule has 0 spiro atoms. The van der Waals surface area contributed by atoms with E-state index in [1.165, 1.54) is 0 Å². The summed E-state index contributed by atoms with van der Waals surface area (Å²) >= 11 is 0. The molecular formula is C17H23NO3. The van der Waals surface area contributed by atoms with Crippen LogP contribution in [0.5, 0.6) is 5.75 Å². The Labute approximate surface area is 126 Å². The Hall–Kier alpha value is -1.81.